The third-order valence-electron chi connectivity index (χ3n) is 1.63. The standard InChI is InChI=1S/C9H6Br2F4O/c10-6-2-1-5(12)3-7(6)16-4-8(11)9(13,14)15/h1-3,8H,4H2. The molecule has 0 aliphatic rings. The van der Waals surface area contributed by atoms with E-state index in [4.69, 9.17) is 4.74 Å². The van der Waals surface area contributed by atoms with E-state index in [1.54, 1.807) is 0 Å². The topological polar surface area (TPSA) is 9.23 Å². The first-order chi connectivity index (χ1) is 7.30. The van der Waals surface area contributed by atoms with E-state index in [1.807, 2.05) is 0 Å². The largest absolute Gasteiger partial charge is 0.491 e. The second-order valence-electron chi connectivity index (χ2n) is 2.89. The summed E-state index contributed by atoms with van der Waals surface area (Å²) in [5.74, 6) is -0.537. The van der Waals surface area contributed by atoms with Crippen LogP contribution in [0.5, 0.6) is 5.75 Å². The Labute approximate surface area is 106 Å². The van der Waals surface area contributed by atoms with Crippen LogP contribution in [0.3, 0.4) is 0 Å². The Morgan fingerprint density at radius 1 is 1.31 bits per heavy atom. The Bertz CT molecular complexity index is 367. The second-order valence-corrected chi connectivity index (χ2v) is 4.85. The maximum atomic E-state index is 12.8. The first-order valence-corrected chi connectivity index (χ1v) is 5.80. The van der Waals surface area contributed by atoms with Gasteiger partial charge in [0.25, 0.3) is 0 Å². The summed E-state index contributed by atoms with van der Waals surface area (Å²) < 4.78 is 54.4. The summed E-state index contributed by atoms with van der Waals surface area (Å²) in [5, 5.41) is 0. The maximum Gasteiger partial charge on any atom is 0.404 e. The van der Waals surface area contributed by atoms with Gasteiger partial charge in [-0.15, -0.1) is 0 Å². The molecule has 0 radical (unpaired) electrons. The molecule has 0 aliphatic carbocycles. The minimum atomic E-state index is -4.39. The zero-order valence-corrected chi connectivity index (χ0v) is 10.9. The van der Waals surface area contributed by atoms with Gasteiger partial charge in [-0.25, -0.2) is 4.39 Å². The fraction of sp³-hybridized carbons (Fsp3) is 0.333. The summed E-state index contributed by atoms with van der Waals surface area (Å²) in [5.41, 5.74) is 0. The van der Waals surface area contributed by atoms with Gasteiger partial charge in [0.2, 0.25) is 0 Å². The average molecular weight is 366 g/mol. The predicted octanol–water partition coefficient (Wildman–Crippen LogP) is 4.29. The van der Waals surface area contributed by atoms with Crippen LogP contribution in [0.2, 0.25) is 0 Å². The van der Waals surface area contributed by atoms with Crippen LogP contribution >= 0.6 is 31.9 Å². The molecule has 16 heavy (non-hydrogen) atoms. The van der Waals surface area contributed by atoms with E-state index in [1.165, 1.54) is 12.1 Å². The molecule has 1 nitrogen and oxygen atoms in total. The number of halogens is 6. The van der Waals surface area contributed by atoms with E-state index in [9.17, 15) is 17.6 Å². The number of benzene rings is 1. The summed E-state index contributed by atoms with van der Waals surface area (Å²) in [6.45, 7) is -0.619. The SMILES string of the molecule is Fc1ccc(Br)c(OCC(Br)C(F)(F)F)c1. The zero-order chi connectivity index (χ0) is 12.3. The van der Waals surface area contributed by atoms with Gasteiger partial charge in [0.05, 0.1) is 4.47 Å². The van der Waals surface area contributed by atoms with Gasteiger partial charge in [0.1, 0.15) is 23.0 Å². The lowest BCUT2D eigenvalue weighted by molar-refractivity contribution is -0.132. The van der Waals surface area contributed by atoms with Crippen LogP contribution in [-0.2, 0) is 0 Å². The highest BCUT2D eigenvalue weighted by molar-refractivity contribution is 9.10. The molecule has 0 bridgehead atoms. The lowest BCUT2D eigenvalue weighted by Gasteiger charge is -2.15. The molecular weight excluding hydrogens is 360 g/mol. The summed E-state index contributed by atoms with van der Waals surface area (Å²) in [6.07, 6.45) is -4.39. The molecule has 1 aromatic rings. The van der Waals surface area contributed by atoms with Crippen molar-refractivity contribution in [2.75, 3.05) is 6.61 Å². The van der Waals surface area contributed by atoms with Gasteiger partial charge in [0, 0.05) is 6.07 Å². The first-order valence-electron chi connectivity index (χ1n) is 4.09. The Morgan fingerprint density at radius 3 is 2.50 bits per heavy atom. The molecule has 0 saturated heterocycles. The van der Waals surface area contributed by atoms with E-state index in [-0.39, 0.29) is 5.75 Å². The van der Waals surface area contributed by atoms with Gasteiger partial charge < -0.3 is 4.74 Å². The van der Waals surface area contributed by atoms with Gasteiger partial charge in [-0.3, -0.25) is 0 Å². The van der Waals surface area contributed by atoms with E-state index in [2.05, 4.69) is 31.9 Å². The fourth-order valence-electron chi connectivity index (χ4n) is 0.845. The first kappa shape index (κ1) is 13.8. The number of ether oxygens (including phenoxy) is 1. The van der Waals surface area contributed by atoms with Crippen molar-refractivity contribution in [2.24, 2.45) is 0 Å². The molecular formula is C9H6Br2F4O. The molecule has 0 N–H and O–H groups in total. The smallest absolute Gasteiger partial charge is 0.404 e. The van der Waals surface area contributed by atoms with Crippen molar-refractivity contribution in [1.82, 2.24) is 0 Å². The summed E-state index contributed by atoms with van der Waals surface area (Å²) >= 11 is 5.48. The Hall–Kier alpha value is -0.300. The van der Waals surface area contributed by atoms with Crippen LogP contribution in [-0.4, -0.2) is 17.6 Å². The van der Waals surface area contributed by atoms with E-state index < -0.39 is 23.4 Å². The molecule has 1 atom stereocenters. The van der Waals surface area contributed by atoms with Crippen molar-refractivity contribution >= 4 is 31.9 Å². The highest BCUT2D eigenvalue weighted by atomic mass is 79.9. The monoisotopic (exact) mass is 364 g/mol. The Morgan fingerprint density at radius 2 is 1.94 bits per heavy atom. The quantitative estimate of drug-likeness (QED) is 0.573. The van der Waals surface area contributed by atoms with E-state index in [0.29, 0.717) is 4.47 Å². The minimum absolute atomic E-state index is 0.0358. The zero-order valence-electron chi connectivity index (χ0n) is 7.69. The van der Waals surface area contributed by atoms with Gasteiger partial charge >= 0.3 is 6.18 Å². The van der Waals surface area contributed by atoms with Gasteiger partial charge in [-0.1, -0.05) is 15.9 Å². The van der Waals surface area contributed by atoms with Crippen LogP contribution < -0.4 is 4.74 Å². The average Bonchev–Trinajstić information content (AvgIpc) is 2.17. The Balaban J connectivity index is 2.64. The van der Waals surface area contributed by atoms with Gasteiger partial charge in [-0.2, -0.15) is 13.2 Å². The third-order valence-corrected chi connectivity index (χ3v) is 3.07. The molecule has 0 fully saturated rings. The normalized spacial score (nSPS) is 13.6. The summed E-state index contributed by atoms with van der Waals surface area (Å²) in [4.78, 5) is -1.78. The molecule has 0 aromatic heterocycles. The van der Waals surface area contributed by atoms with Crippen molar-refractivity contribution in [3.8, 4) is 5.75 Å². The molecule has 0 amide bonds. The number of hydrogen-bond donors (Lipinski definition) is 0. The van der Waals surface area contributed by atoms with Crippen LogP contribution in [0.25, 0.3) is 0 Å². The van der Waals surface area contributed by atoms with Crippen LogP contribution in [0.1, 0.15) is 0 Å². The molecule has 1 rings (SSSR count). The summed E-state index contributed by atoms with van der Waals surface area (Å²) in [7, 11) is 0. The van der Waals surface area contributed by atoms with Gasteiger partial charge in [0.15, 0.2) is 0 Å². The predicted molar refractivity (Wildman–Crippen MR) is 58.4 cm³/mol. The molecule has 90 valence electrons. The molecule has 1 unspecified atom stereocenters. The fourth-order valence-corrected chi connectivity index (χ4v) is 1.34. The minimum Gasteiger partial charge on any atom is -0.491 e. The molecule has 0 aliphatic heterocycles. The van der Waals surface area contributed by atoms with Crippen molar-refractivity contribution in [2.45, 2.75) is 11.0 Å². The highest BCUT2D eigenvalue weighted by Crippen LogP contribution is 2.29. The van der Waals surface area contributed by atoms with Crippen molar-refractivity contribution < 1.29 is 22.3 Å². The lowest BCUT2D eigenvalue weighted by atomic mass is 10.3. The van der Waals surface area contributed by atoms with Crippen LogP contribution in [0, 0.1) is 5.82 Å². The summed E-state index contributed by atoms with van der Waals surface area (Å²) in [6, 6.07) is 3.55. The van der Waals surface area contributed by atoms with E-state index >= 15 is 0 Å². The molecule has 0 spiro atoms. The maximum absolute atomic E-state index is 12.8. The highest BCUT2D eigenvalue weighted by Gasteiger charge is 2.38. The third kappa shape index (κ3) is 3.93. The molecule has 0 saturated carbocycles. The van der Waals surface area contributed by atoms with Crippen molar-refractivity contribution in [3.63, 3.8) is 0 Å². The molecule has 0 heterocycles. The lowest BCUT2D eigenvalue weighted by Crippen LogP contribution is -2.28. The number of hydrogen-bond acceptors (Lipinski definition) is 1. The molecule has 7 heteroatoms. The number of alkyl halides is 4. The Kier molecular flexibility index (Phi) is 4.61. The molecule has 1 aromatic carbocycles. The van der Waals surface area contributed by atoms with Crippen LogP contribution in [0.15, 0.2) is 22.7 Å². The number of rotatable bonds is 3. The van der Waals surface area contributed by atoms with E-state index in [0.717, 1.165) is 6.07 Å². The van der Waals surface area contributed by atoms with Crippen molar-refractivity contribution in [3.05, 3.63) is 28.5 Å². The van der Waals surface area contributed by atoms with Crippen LogP contribution in [0.4, 0.5) is 17.6 Å². The van der Waals surface area contributed by atoms with Crippen molar-refractivity contribution in [1.29, 1.82) is 0 Å². The second kappa shape index (κ2) is 5.35. The van der Waals surface area contributed by atoms with Gasteiger partial charge in [-0.05, 0) is 28.1 Å².